The first-order valence-corrected chi connectivity index (χ1v) is 7.51. The van der Waals surface area contributed by atoms with E-state index in [4.69, 9.17) is 11.6 Å². The molecule has 0 heterocycles. The minimum Gasteiger partial charge on any atom is -0.197 e. The fraction of sp³-hybridized carbons (Fsp3) is 0.188. The molecule has 0 aliphatic carbocycles. The van der Waals surface area contributed by atoms with Gasteiger partial charge in [-0.15, -0.1) is 0 Å². The van der Waals surface area contributed by atoms with Gasteiger partial charge in [0.1, 0.15) is 5.41 Å². The monoisotopic (exact) mass is 333 g/mol. The molecule has 0 spiro atoms. The van der Waals surface area contributed by atoms with Gasteiger partial charge in [0.05, 0.1) is 6.07 Å². The smallest absolute Gasteiger partial charge is 0.108 e. The largest absolute Gasteiger partial charge is 0.197 e. The first kappa shape index (κ1) is 14.1. The highest BCUT2D eigenvalue weighted by atomic mass is 79.9. The van der Waals surface area contributed by atoms with Gasteiger partial charge >= 0.3 is 0 Å². The quantitative estimate of drug-likeness (QED) is 0.727. The van der Waals surface area contributed by atoms with Gasteiger partial charge in [-0.1, -0.05) is 70.0 Å². The van der Waals surface area contributed by atoms with Gasteiger partial charge in [0.2, 0.25) is 0 Å². The summed E-state index contributed by atoms with van der Waals surface area (Å²) >= 11 is 9.39. The lowest BCUT2D eigenvalue weighted by Gasteiger charge is -2.27. The van der Waals surface area contributed by atoms with Crippen molar-refractivity contribution in [2.24, 2.45) is 0 Å². The van der Waals surface area contributed by atoms with E-state index in [9.17, 15) is 5.26 Å². The molecule has 1 atom stereocenters. The Hall–Kier alpha value is -1.30. The molecule has 0 saturated heterocycles. The number of hydrogen-bond donors (Lipinski definition) is 0. The molecule has 0 N–H and O–H groups in total. The molecule has 0 amide bonds. The Morgan fingerprint density at radius 1 is 1.00 bits per heavy atom. The number of nitriles is 1. The summed E-state index contributed by atoms with van der Waals surface area (Å²) in [5, 5.41) is 11.2. The Kier molecular flexibility index (Phi) is 4.63. The van der Waals surface area contributed by atoms with Crippen LogP contribution in [0.1, 0.15) is 17.5 Å². The van der Waals surface area contributed by atoms with E-state index in [-0.39, 0.29) is 0 Å². The summed E-state index contributed by atoms with van der Waals surface area (Å²) in [6.45, 7) is 0. The molecule has 0 aliphatic heterocycles. The van der Waals surface area contributed by atoms with Crippen LogP contribution < -0.4 is 0 Å². The maximum Gasteiger partial charge on any atom is 0.108 e. The van der Waals surface area contributed by atoms with Crippen molar-refractivity contribution in [3.63, 3.8) is 0 Å². The van der Waals surface area contributed by atoms with Crippen LogP contribution in [0.3, 0.4) is 0 Å². The maximum atomic E-state index is 9.78. The topological polar surface area (TPSA) is 23.8 Å². The molecule has 0 radical (unpaired) electrons. The molecule has 1 nitrogen and oxygen atoms in total. The van der Waals surface area contributed by atoms with E-state index >= 15 is 0 Å². The van der Waals surface area contributed by atoms with Gasteiger partial charge in [0.15, 0.2) is 0 Å². The highest BCUT2D eigenvalue weighted by Crippen LogP contribution is 2.36. The summed E-state index contributed by atoms with van der Waals surface area (Å²) in [5.41, 5.74) is 1.36. The van der Waals surface area contributed by atoms with Gasteiger partial charge in [-0.05, 0) is 29.7 Å². The van der Waals surface area contributed by atoms with Crippen LogP contribution in [0.4, 0.5) is 0 Å². The minimum absolute atomic E-state index is 0.630. The summed E-state index contributed by atoms with van der Waals surface area (Å²) in [6.07, 6.45) is 0.717. The molecule has 96 valence electrons. The van der Waals surface area contributed by atoms with E-state index in [1.54, 1.807) is 0 Å². The molecule has 0 aliphatic rings. The van der Waals surface area contributed by atoms with Crippen molar-refractivity contribution in [3.8, 4) is 6.07 Å². The standard InChI is InChI=1S/C16H13BrClN/c17-11-10-16(12-19,13-4-2-1-3-5-13)14-6-8-15(18)9-7-14/h1-9H,10-11H2. The van der Waals surface area contributed by atoms with Crippen LogP contribution in [0, 0.1) is 11.3 Å². The molecule has 3 heteroatoms. The second kappa shape index (κ2) is 6.23. The van der Waals surface area contributed by atoms with E-state index in [0.29, 0.717) is 5.02 Å². The predicted octanol–water partition coefficient (Wildman–Crippen LogP) is 4.93. The molecule has 19 heavy (non-hydrogen) atoms. The van der Waals surface area contributed by atoms with Crippen molar-refractivity contribution < 1.29 is 0 Å². The molecule has 0 bridgehead atoms. The molecule has 1 unspecified atom stereocenters. The normalized spacial score (nSPS) is 13.5. The summed E-state index contributed by atoms with van der Waals surface area (Å²) in [4.78, 5) is 0. The van der Waals surface area contributed by atoms with Crippen molar-refractivity contribution in [1.82, 2.24) is 0 Å². The Morgan fingerprint density at radius 2 is 1.58 bits per heavy atom. The average Bonchev–Trinajstić information content (AvgIpc) is 2.47. The zero-order chi connectivity index (χ0) is 13.7. The maximum absolute atomic E-state index is 9.78. The van der Waals surface area contributed by atoms with Crippen molar-refractivity contribution in [2.75, 3.05) is 5.33 Å². The van der Waals surface area contributed by atoms with Crippen LogP contribution in [0.2, 0.25) is 5.02 Å². The number of hydrogen-bond acceptors (Lipinski definition) is 1. The SMILES string of the molecule is N#CC(CCBr)(c1ccccc1)c1ccc(Cl)cc1. The van der Waals surface area contributed by atoms with Crippen molar-refractivity contribution in [2.45, 2.75) is 11.8 Å². The van der Waals surface area contributed by atoms with E-state index in [2.05, 4.69) is 22.0 Å². The molecular weight excluding hydrogens is 322 g/mol. The van der Waals surface area contributed by atoms with Gasteiger partial charge in [-0.3, -0.25) is 0 Å². The number of nitrogens with zero attached hydrogens (tertiary/aromatic N) is 1. The molecular formula is C16H13BrClN. The predicted molar refractivity (Wildman–Crippen MR) is 82.7 cm³/mol. The Labute approximate surface area is 127 Å². The molecule has 2 aromatic rings. The summed E-state index contributed by atoms with van der Waals surface area (Å²) in [5.74, 6) is 0. The van der Waals surface area contributed by atoms with Crippen LogP contribution in [-0.4, -0.2) is 5.33 Å². The van der Waals surface area contributed by atoms with Gasteiger partial charge < -0.3 is 0 Å². The average molecular weight is 335 g/mol. The fourth-order valence-electron chi connectivity index (χ4n) is 2.24. The zero-order valence-electron chi connectivity index (χ0n) is 10.3. The Morgan fingerprint density at radius 3 is 2.11 bits per heavy atom. The zero-order valence-corrected chi connectivity index (χ0v) is 12.7. The number of benzene rings is 2. The van der Waals surface area contributed by atoms with Crippen LogP contribution in [-0.2, 0) is 5.41 Å². The van der Waals surface area contributed by atoms with E-state index < -0.39 is 5.41 Å². The Bertz CT molecular complexity index is 574. The van der Waals surface area contributed by atoms with Gasteiger partial charge in [0.25, 0.3) is 0 Å². The summed E-state index contributed by atoms with van der Waals surface area (Å²) in [6, 6.07) is 19.9. The third-order valence-corrected chi connectivity index (χ3v) is 3.91. The van der Waals surface area contributed by atoms with Crippen LogP contribution in [0.15, 0.2) is 54.6 Å². The highest BCUT2D eigenvalue weighted by molar-refractivity contribution is 9.09. The number of halogens is 2. The second-order valence-electron chi connectivity index (χ2n) is 4.33. The molecule has 2 rings (SSSR count). The third kappa shape index (κ3) is 2.83. The summed E-state index contributed by atoms with van der Waals surface area (Å²) in [7, 11) is 0. The van der Waals surface area contributed by atoms with Gasteiger partial charge in [0, 0.05) is 10.4 Å². The van der Waals surface area contributed by atoms with Crippen LogP contribution in [0.5, 0.6) is 0 Å². The van der Waals surface area contributed by atoms with Crippen molar-refractivity contribution >= 4 is 27.5 Å². The molecule has 0 aromatic heterocycles. The fourth-order valence-corrected chi connectivity index (χ4v) is 2.96. The first-order valence-electron chi connectivity index (χ1n) is 6.02. The third-order valence-electron chi connectivity index (χ3n) is 3.26. The van der Waals surface area contributed by atoms with Crippen molar-refractivity contribution in [3.05, 3.63) is 70.7 Å². The van der Waals surface area contributed by atoms with Gasteiger partial charge in [-0.2, -0.15) is 5.26 Å². The Balaban J connectivity index is 2.58. The van der Waals surface area contributed by atoms with Gasteiger partial charge in [-0.25, -0.2) is 0 Å². The molecule has 0 saturated carbocycles. The van der Waals surface area contributed by atoms with E-state index in [1.165, 1.54) is 0 Å². The number of alkyl halides is 1. The highest BCUT2D eigenvalue weighted by Gasteiger charge is 2.33. The van der Waals surface area contributed by atoms with Crippen LogP contribution in [0.25, 0.3) is 0 Å². The lowest BCUT2D eigenvalue weighted by Crippen LogP contribution is -2.26. The first-order chi connectivity index (χ1) is 9.23. The lowest BCUT2D eigenvalue weighted by atomic mass is 9.74. The lowest BCUT2D eigenvalue weighted by molar-refractivity contribution is 0.640. The molecule has 2 aromatic carbocycles. The van der Waals surface area contributed by atoms with E-state index in [0.717, 1.165) is 22.9 Å². The minimum atomic E-state index is -0.630. The van der Waals surface area contributed by atoms with Crippen LogP contribution >= 0.6 is 27.5 Å². The van der Waals surface area contributed by atoms with E-state index in [1.807, 2.05) is 54.6 Å². The van der Waals surface area contributed by atoms with Crippen molar-refractivity contribution in [1.29, 1.82) is 5.26 Å². The second-order valence-corrected chi connectivity index (χ2v) is 5.56. The molecule has 0 fully saturated rings. The number of rotatable bonds is 4. The summed E-state index contributed by atoms with van der Waals surface area (Å²) < 4.78 is 0.